The lowest BCUT2D eigenvalue weighted by Gasteiger charge is -2.20. The molecule has 2 rings (SSSR count). The zero-order valence-electron chi connectivity index (χ0n) is 12.6. The summed E-state index contributed by atoms with van der Waals surface area (Å²) in [6.07, 6.45) is 0.748. The van der Waals surface area contributed by atoms with Gasteiger partial charge in [0.05, 0.1) is 7.11 Å². The summed E-state index contributed by atoms with van der Waals surface area (Å²) in [5.74, 6) is 0.799. The van der Waals surface area contributed by atoms with Gasteiger partial charge in [0.2, 0.25) is 0 Å². The largest absolute Gasteiger partial charge is 0.496 e. The molecule has 1 N–H and O–H groups in total. The van der Waals surface area contributed by atoms with Crippen molar-refractivity contribution in [1.29, 1.82) is 0 Å². The van der Waals surface area contributed by atoms with Gasteiger partial charge < -0.3 is 10.1 Å². The fraction of sp³-hybridized carbons (Fsp3) is 0.333. The number of ether oxygens (including phenoxy) is 1. The van der Waals surface area contributed by atoms with Crippen molar-refractivity contribution in [3.05, 3.63) is 65.5 Å². The van der Waals surface area contributed by atoms with Gasteiger partial charge in [0.1, 0.15) is 11.6 Å². The van der Waals surface area contributed by atoms with Gasteiger partial charge in [-0.05, 0) is 36.2 Å². The van der Waals surface area contributed by atoms with Gasteiger partial charge in [0.15, 0.2) is 0 Å². The second-order valence-corrected chi connectivity index (χ2v) is 5.04. The Morgan fingerprint density at radius 3 is 2.52 bits per heavy atom. The van der Waals surface area contributed by atoms with E-state index in [1.807, 2.05) is 36.4 Å². The number of likely N-dealkylation sites (N-methyl/N-ethyl adjacent to an activating group) is 1. The highest BCUT2D eigenvalue weighted by atomic mass is 19.1. The Morgan fingerprint density at radius 1 is 1.10 bits per heavy atom. The first kappa shape index (κ1) is 15.5. The molecule has 0 heterocycles. The highest BCUT2D eigenvalue weighted by molar-refractivity contribution is 5.35. The third kappa shape index (κ3) is 4.05. The Labute approximate surface area is 126 Å². The lowest BCUT2D eigenvalue weighted by atomic mass is 9.91. The first-order valence-corrected chi connectivity index (χ1v) is 7.33. The molecule has 1 unspecified atom stereocenters. The van der Waals surface area contributed by atoms with Crippen LogP contribution in [0.15, 0.2) is 48.5 Å². The van der Waals surface area contributed by atoms with E-state index in [2.05, 4.69) is 12.2 Å². The molecule has 0 aliphatic rings. The van der Waals surface area contributed by atoms with Crippen LogP contribution in [0, 0.1) is 5.82 Å². The molecule has 0 amide bonds. The van der Waals surface area contributed by atoms with E-state index < -0.39 is 0 Å². The van der Waals surface area contributed by atoms with E-state index in [4.69, 9.17) is 4.74 Å². The van der Waals surface area contributed by atoms with E-state index in [1.54, 1.807) is 13.2 Å². The van der Waals surface area contributed by atoms with Crippen LogP contribution in [0.1, 0.15) is 24.0 Å². The molecule has 0 aromatic heterocycles. The summed E-state index contributed by atoms with van der Waals surface area (Å²) < 4.78 is 19.5. The van der Waals surface area contributed by atoms with E-state index in [9.17, 15) is 4.39 Å². The van der Waals surface area contributed by atoms with E-state index in [0.29, 0.717) is 0 Å². The quantitative estimate of drug-likeness (QED) is 0.837. The van der Waals surface area contributed by atoms with Crippen LogP contribution < -0.4 is 10.1 Å². The number of hydrogen-bond acceptors (Lipinski definition) is 2. The maximum Gasteiger partial charge on any atom is 0.126 e. The molecule has 1 atom stereocenters. The average Bonchev–Trinajstić information content (AvgIpc) is 2.52. The lowest BCUT2D eigenvalue weighted by Crippen LogP contribution is -2.23. The third-order valence-corrected chi connectivity index (χ3v) is 3.64. The predicted molar refractivity (Wildman–Crippen MR) is 84.4 cm³/mol. The van der Waals surface area contributed by atoms with Crippen LogP contribution in [-0.4, -0.2) is 20.2 Å². The van der Waals surface area contributed by atoms with Crippen molar-refractivity contribution in [2.75, 3.05) is 20.2 Å². The van der Waals surface area contributed by atoms with Crippen LogP contribution >= 0.6 is 0 Å². The normalized spacial score (nSPS) is 12.1. The fourth-order valence-corrected chi connectivity index (χ4v) is 2.55. The summed E-state index contributed by atoms with van der Waals surface area (Å²) in [7, 11) is 1.67. The molecule has 0 bridgehead atoms. The highest BCUT2D eigenvalue weighted by Crippen LogP contribution is 2.27. The standard InChI is InChI=1S/C18H22FNO/c1-3-20-13-15(16-9-5-6-10-17(16)19)12-14-8-4-7-11-18(14)21-2/h4-11,15,20H,3,12-13H2,1-2H3. The average molecular weight is 287 g/mol. The molecule has 0 saturated carbocycles. The van der Waals surface area contributed by atoms with E-state index in [0.717, 1.165) is 36.4 Å². The zero-order valence-corrected chi connectivity index (χ0v) is 12.6. The lowest BCUT2D eigenvalue weighted by molar-refractivity contribution is 0.407. The molecule has 3 heteroatoms. The monoisotopic (exact) mass is 287 g/mol. The van der Waals surface area contributed by atoms with Gasteiger partial charge in [-0.25, -0.2) is 4.39 Å². The van der Waals surface area contributed by atoms with Crippen LogP contribution in [0.3, 0.4) is 0 Å². The molecule has 0 radical (unpaired) electrons. The molecule has 0 fully saturated rings. The summed E-state index contributed by atoms with van der Waals surface area (Å²) in [6, 6.07) is 14.9. The second kappa shape index (κ2) is 7.79. The van der Waals surface area contributed by atoms with Crippen molar-refractivity contribution in [2.24, 2.45) is 0 Å². The maximum atomic E-state index is 14.1. The Bertz CT molecular complexity index is 571. The van der Waals surface area contributed by atoms with Gasteiger partial charge >= 0.3 is 0 Å². The van der Waals surface area contributed by atoms with Gasteiger partial charge in [-0.1, -0.05) is 43.3 Å². The van der Waals surface area contributed by atoms with Crippen LogP contribution in [0.2, 0.25) is 0 Å². The Morgan fingerprint density at radius 2 is 1.81 bits per heavy atom. The summed E-state index contributed by atoms with van der Waals surface area (Å²) in [5, 5.41) is 3.32. The molecule has 2 aromatic carbocycles. The molecule has 0 aliphatic heterocycles. The minimum atomic E-state index is -0.143. The first-order chi connectivity index (χ1) is 10.3. The molecular formula is C18H22FNO. The van der Waals surface area contributed by atoms with Crippen LogP contribution in [0.5, 0.6) is 5.75 Å². The molecule has 0 spiro atoms. The molecule has 0 aliphatic carbocycles. The number of halogens is 1. The van der Waals surface area contributed by atoms with Gasteiger partial charge in [-0.3, -0.25) is 0 Å². The minimum absolute atomic E-state index is 0.0856. The molecule has 21 heavy (non-hydrogen) atoms. The molecule has 112 valence electrons. The summed E-state index contributed by atoms with van der Waals surface area (Å²) >= 11 is 0. The van der Waals surface area contributed by atoms with Gasteiger partial charge in [0, 0.05) is 12.5 Å². The number of rotatable bonds is 7. The predicted octanol–water partition coefficient (Wildman–Crippen LogP) is 3.77. The van der Waals surface area contributed by atoms with Crippen molar-refractivity contribution in [3.8, 4) is 5.75 Å². The number of methoxy groups -OCH3 is 1. The fourth-order valence-electron chi connectivity index (χ4n) is 2.55. The molecule has 0 saturated heterocycles. The van der Waals surface area contributed by atoms with Gasteiger partial charge in [-0.15, -0.1) is 0 Å². The van der Waals surface area contributed by atoms with Crippen molar-refractivity contribution in [1.82, 2.24) is 5.32 Å². The maximum absolute atomic E-state index is 14.1. The summed E-state index contributed by atoms with van der Waals surface area (Å²) in [5.41, 5.74) is 1.86. The smallest absolute Gasteiger partial charge is 0.126 e. The molecule has 2 nitrogen and oxygen atoms in total. The van der Waals surface area contributed by atoms with Gasteiger partial charge in [-0.2, -0.15) is 0 Å². The summed E-state index contributed by atoms with van der Waals surface area (Å²) in [4.78, 5) is 0. The van der Waals surface area contributed by atoms with Crippen molar-refractivity contribution < 1.29 is 9.13 Å². The van der Waals surface area contributed by atoms with Crippen molar-refractivity contribution >= 4 is 0 Å². The van der Waals surface area contributed by atoms with Gasteiger partial charge in [0.25, 0.3) is 0 Å². The zero-order chi connectivity index (χ0) is 15.1. The summed E-state index contributed by atoms with van der Waals surface area (Å²) in [6.45, 7) is 3.67. The van der Waals surface area contributed by atoms with E-state index in [-0.39, 0.29) is 11.7 Å². The second-order valence-electron chi connectivity index (χ2n) is 5.04. The number of hydrogen-bond donors (Lipinski definition) is 1. The van der Waals surface area contributed by atoms with Crippen LogP contribution in [0.25, 0.3) is 0 Å². The SMILES string of the molecule is CCNCC(Cc1ccccc1OC)c1ccccc1F. The highest BCUT2D eigenvalue weighted by Gasteiger charge is 2.17. The third-order valence-electron chi connectivity index (χ3n) is 3.64. The van der Waals surface area contributed by atoms with E-state index >= 15 is 0 Å². The minimum Gasteiger partial charge on any atom is -0.496 e. The molecular weight excluding hydrogens is 265 g/mol. The van der Waals surface area contributed by atoms with E-state index in [1.165, 1.54) is 6.07 Å². The number of para-hydroxylation sites is 1. The Hall–Kier alpha value is -1.87. The van der Waals surface area contributed by atoms with Crippen LogP contribution in [-0.2, 0) is 6.42 Å². The van der Waals surface area contributed by atoms with Crippen molar-refractivity contribution in [3.63, 3.8) is 0 Å². The first-order valence-electron chi connectivity index (χ1n) is 7.33. The number of benzene rings is 2. The topological polar surface area (TPSA) is 21.3 Å². The molecule has 2 aromatic rings. The Balaban J connectivity index is 2.26. The van der Waals surface area contributed by atoms with Crippen LogP contribution in [0.4, 0.5) is 4.39 Å². The Kier molecular flexibility index (Phi) is 5.76. The number of nitrogens with one attached hydrogen (secondary N) is 1. The van der Waals surface area contributed by atoms with Crippen molar-refractivity contribution in [2.45, 2.75) is 19.3 Å².